The summed E-state index contributed by atoms with van der Waals surface area (Å²) in [5, 5.41) is 24.7. The van der Waals surface area contributed by atoms with Gasteiger partial charge in [-0.1, -0.05) is 84.4 Å². The van der Waals surface area contributed by atoms with Crippen molar-refractivity contribution in [3.63, 3.8) is 0 Å². The zero-order chi connectivity index (χ0) is 33.3. The Morgan fingerprint density at radius 2 is 1.80 bits per heavy atom. The first-order valence-electron chi connectivity index (χ1n) is 17.2. The number of Topliss-reactive ketones (excluding diaryl/α,β-unsaturated/α-hetero) is 1. The van der Waals surface area contributed by atoms with Gasteiger partial charge in [-0.2, -0.15) is 0 Å². The van der Waals surface area contributed by atoms with Gasteiger partial charge in [0.1, 0.15) is 17.8 Å². The number of allylic oxidation sites excluding steroid dienone is 1. The lowest BCUT2D eigenvalue weighted by Crippen LogP contribution is -2.61. The van der Waals surface area contributed by atoms with E-state index in [1.165, 1.54) is 44.4 Å². The molecular formula is C38H51NO7. The highest BCUT2D eigenvalue weighted by Crippen LogP contribution is 2.76. The van der Waals surface area contributed by atoms with Crippen molar-refractivity contribution in [2.45, 2.75) is 116 Å². The highest BCUT2D eigenvalue weighted by atomic mass is 16.6. The minimum absolute atomic E-state index is 0.0720. The van der Waals surface area contributed by atoms with Crippen molar-refractivity contribution >= 4 is 17.7 Å². The van der Waals surface area contributed by atoms with Crippen LogP contribution in [0.5, 0.6) is 0 Å². The molecule has 0 unspecified atom stereocenters. The van der Waals surface area contributed by atoms with Gasteiger partial charge in [-0.3, -0.25) is 9.78 Å². The second-order valence-corrected chi connectivity index (χ2v) is 14.7. The number of carbonyl (C=O) groups is 3. The monoisotopic (exact) mass is 633 g/mol. The number of aromatic nitrogens is 1. The van der Waals surface area contributed by atoms with Gasteiger partial charge in [0.15, 0.2) is 5.78 Å². The van der Waals surface area contributed by atoms with E-state index in [1.54, 1.807) is 31.3 Å². The van der Waals surface area contributed by atoms with Gasteiger partial charge in [-0.05, 0) is 55.4 Å². The van der Waals surface area contributed by atoms with Crippen molar-refractivity contribution in [1.29, 1.82) is 0 Å². The molecule has 7 atom stereocenters. The number of esters is 2. The topological polar surface area (TPSA) is 123 Å². The van der Waals surface area contributed by atoms with E-state index in [0.29, 0.717) is 23.1 Å². The molecule has 0 aromatic carbocycles. The fourth-order valence-electron chi connectivity index (χ4n) is 8.93. The van der Waals surface area contributed by atoms with Crippen LogP contribution in [-0.2, 0) is 19.1 Å². The third-order valence-electron chi connectivity index (χ3n) is 11.5. The van der Waals surface area contributed by atoms with Gasteiger partial charge in [0.25, 0.3) is 0 Å². The first kappa shape index (κ1) is 34.2. The highest BCUT2D eigenvalue weighted by Gasteiger charge is 2.83. The summed E-state index contributed by atoms with van der Waals surface area (Å²) in [6.45, 7) is 9.75. The number of carbonyl (C=O) groups excluding carboxylic acids is 3. The molecule has 1 aromatic heterocycles. The molecule has 1 heterocycles. The zero-order valence-corrected chi connectivity index (χ0v) is 28.1. The maximum Gasteiger partial charge on any atom is 0.340 e. The summed E-state index contributed by atoms with van der Waals surface area (Å²) in [5.41, 5.74) is -3.40. The van der Waals surface area contributed by atoms with E-state index in [9.17, 15) is 24.6 Å². The molecule has 0 bridgehead atoms. The van der Waals surface area contributed by atoms with Gasteiger partial charge in [0, 0.05) is 48.1 Å². The second-order valence-electron chi connectivity index (χ2n) is 14.7. The van der Waals surface area contributed by atoms with Crippen molar-refractivity contribution in [3.8, 4) is 0 Å². The van der Waals surface area contributed by atoms with E-state index in [2.05, 4.69) is 25.8 Å². The van der Waals surface area contributed by atoms with Crippen LogP contribution in [0.25, 0.3) is 0 Å². The molecule has 0 amide bonds. The summed E-state index contributed by atoms with van der Waals surface area (Å²) in [7, 11) is 0. The number of rotatable bonds is 13. The number of ketones is 1. The molecule has 2 saturated carbocycles. The van der Waals surface area contributed by atoms with Crippen molar-refractivity contribution in [1.82, 2.24) is 4.98 Å². The van der Waals surface area contributed by atoms with Gasteiger partial charge in [0.05, 0.1) is 11.2 Å². The third-order valence-corrected chi connectivity index (χ3v) is 11.5. The molecule has 1 aromatic rings. The van der Waals surface area contributed by atoms with Crippen LogP contribution in [0.15, 0.2) is 60.0 Å². The number of ether oxygens (including phenoxy) is 2. The summed E-state index contributed by atoms with van der Waals surface area (Å²) in [6, 6.07) is 3.25. The number of pyridine rings is 1. The lowest BCUT2D eigenvalue weighted by Gasteiger charge is -2.50. The zero-order valence-electron chi connectivity index (χ0n) is 28.1. The summed E-state index contributed by atoms with van der Waals surface area (Å²) in [5.74, 6) is -3.48. The van der Waals surface area contributed by atoms with Crippen molar-refractivity contribution in [3.05, 3.63) is 65.5 Å². The maximum absolute atomic E-state index is 13.4. The normalized spacial score (nSPS) is 34.1. The van der Waals surface area contributed by atoms with E-state index in [1.807, 2.05) is 19.1 Å². The first-order valence-corrected chi connectivity index (χ1v) is 17.2. The maximum atomic E-state index is 13.4. The summed E-state index contributed by atoms with van der Waals surface area (Å²) in [4.78, 5) is 43.4. The summed E-state index contributed by atoms with van der Waals surface area (Å²) < 4.78 is 12.0. The van der Waals surface area contributed by atoms with Gasteiger partial charge in [-0.15, -0.1) is 0 Å². The largest absolute Gasteiger partial charge is 0.458 e. The average Bonchev–Trinajstić information content (AvgIpc) is 3.43. The Morgan fingerprint density at radius 3 is 2.50 bits per heavy atom. The van der Waals surface area contributed by atoms with Gasteiger partial charge < -0.3 is 19.7 Å². The predicted octanol–water partition coefficient (Wildman–Crippen LogP) is 6.47. The summed E-state index contributed by atoms with van der Waals surface area (Å²) in [6.07, 6.45) is 19.6. The van der Waals surface area contributed by atoms with E-state index >= 15 is 0 Å². The minimum atomic E-state index is -1.87. The van der Waals surface area contributed by atoms with Gasteiger partial charge in [-0.25, -0.2) is 9.59 Å². The molecule has 0 aliphatic heterocycles. The first-order chi connectivity index (χ1) is 21.8. The molecule has 0 spiro atoms. The molecule has 2 fully saturated rings. The lowest BCUT2D eigenvalue weighted by atomic mass is 9.60. The number of nitrogens with zero attached hydrogens (tertiary/aromatic N) is 1. The third kappa shape index (κ3) is 5.92. The average molecular weight is 634 g/mol. The summed E-state index contributed by atoms with van der Waals surface area (Å²) >= 11 is 0. The molecule has 0 saturated heterocycles. The Balaban J connectivity index is 1.36. The number of hydrogen-bond acceptors (Lipinski definition) is 8. The number of unbranched alkanes of at least 4 members (excludes halogenated alkanes) is 7. The van der Waals surface area contributed by atoms with Crippen LogP contribution in [0.1, 0.15) is 109 Å². The standard InChI is InChI=1S/C38H51NO7/c1-6-7-8-9-10-11-12-13-14-17-31(40)46-37-21-26(3)38(44)29(32(37)35(37,4)5)20-27(22-36(43)30(38)19-25(2)33(36)41)24-45-34(42)28-16-15-18-39-23-28/h14-20,23,26,29-30,32,43-44H,6-13,21-22,24H2,1-5H3/b17-14+/t26-,29+,30-,32-,36-,37+,38-/m1/s1. The van der Waals surface area contributed by atoms with Crippen LogP contribution in [0.4, 0.5) is 0 Å². The van der Waals surface area contributed by atoms with Crippen molar-refractivity contribution in [2.75, 3.05) is 6.61 Å². The van der Waals surface area contributed by atoms with Gasteiger partial charge in [0.2, 0.25) is 0 Å². The van der Waals surface area contributed by atoms with E-state index in [4.69, 9.17) is 9.47 Å². The van der Waals surface area contributed by atoms with E-state index < -0.39 is 51.7 Å². The quantitative estimate of drug-likeness (QED) is 0.110. The Bertz CT molecular complexity index is 1410. The molecule has 4 aliphatic rings. The van der Waals surface area contributed by atoms with Crippen LogP contribution < -0.4 is 0 Å². The predicted molar refractivity (Wildman–Crippen MR) is 174 cm³/mol. The molecule has 8 nitrogen and oxygen atoms in total. The van der Waals surface area contributed by atoms with Crippen LogP contribution in [0.2, 0.25) is 0 Å². The Kier molecular flexibility index (Phi) is 9.82. The molecule has 5 rings (SSSR count). The molecule has 2 N–H and O–H groups in total. The fourth-order valence-corrected chi connectivity index (χ4v) is 8.93. The Labute approximate surface area is 273 Å². The number of aliphatic hydroxyl groups is 2. The SMILES string of the molecule is CCCCCCCCC/C=C/C(=O)O[C@@]12C[C@@H](C)[C@@]3(O)[C@@H](C=C(COC(=O)c4cccnc4)C[C@]4(O)C(=O)C(C)=C[C@@H]34)[C@@H]1C2(C)C. The number of hydrogen-bond donors (Lipinski definition) is 2. The Hall–Kier alpha value is -3.10. The molecule has 8 heteroatoms. The molecule has 46 heavy (non-hydrogen) atoms. The van der Waals surface area contributed by atoms with Crippen molar-refractivity contribution < 1.29 is 34.1 Å². The molecule has 0 radical (unpaired) electrons. The molecular weight excluding hydrogens is 582 g/mol. The molecule has 250 valence electrons. The smallest absolute Gasteiger partial charge is 0.340 e. The van der Waals surface area contributed by atoms with Crippen molar-refractivity contribution in [2.24, 2.45) is 29.1 Å². The highest BCUT2D eigenvalue weighted by molar-refractivity contribution is 6.05. The lowest BCUT2D eigenvalue weighted by molar-refractivity contribution is -0.185. The van der Waals surface area contributed by atoms with E-state index in [0.717, 1.165) is 19.3 Å². The van der Waals surface area contributed by atoms with Crippen LogP contribution in [-0.4, -0.2) is 56.3 Å². The minimum Gasteiger partial charge on any atom is -0.458 e. The van der Waals surface area contributed by atoms with Crippen LogP contribution in [0, 0.1) is 29.1 Å². The van der Waals surface area contributed by atoms with Crippen LogP contribution >= 0.6 is 0 Å². The second kappa shape index (κ2) is 13.2. The Morgan fingerprint density at radius 1 is 1.09 bits per heavy atom. The van der Waals surface area contributed by atoms with Crippen LogP contribution in [0.3, 0.4) is 0 Å². The fraction of sp³-hybridized carbons (Fsp3) is 0.632. The molecule has 4 aliphatic carbocycles. The van der Waals surface area contributed by atoms with Gasteiger partial charge >= 0.3 is 11.9 Å². The van der Waals surface area contributed by atoms with E-state index in [-0.39, 0.29) is 24.9 Å². The number of fused-ring (bicyclic) bond motifs is 5.